The van der Waals surface area contributed by atoms with Crippen LogP contribution in [0.15, 0.2) is 54.6 Å². The lowest BCUT2D eigenvalue weighted by Gasteiger charge is -2.35. The molecule has 3 N–H and O–H groups in total. The number of Topliss-reactive ketones (excluding diaryl/α,β-unsaturated/α-hetero) is 1. The number of nitrogens with one attached hydrogen (secondary N) is 1. The third kappa shape index (κ3) is 7.25. The fourth-order valence-electron chi connectivity index (χ4n) is 4.60. The van der Waals surface area contributed by atoms with E-state index in [1.807, 2.05) is 44.2 Å². The maximum atomic E-state index is 15.4. The zero-order valence-electron chi connectivity index (χ0n) is 22.2. The van der Waals surface area contributed by atoms with Crippen LogP contribution in [-0.2, 0) is 20.9 Å². The quantitative estimate of drug-likeness (QED) is 0.516. The zero-order chi connectivity index (χ0) is 27.8. The van der Waals surface area contributed by atoms with E-state index < -0.39 is 42.4 Å². The molecule has 8 nitrogen and oxygen atoms in total. The number of carbonyl (C=O) groups is 4. The van der Waals surface area contributed by atoms with Gasteiger partial charge < -0.3 is 20.9 Å². The maximum Gasteiger partial charge on any atom is 0.251 e. The fraction of sp³-hybridized carbons (Fsp3) is 0.448. The molecule has 0 radical (unpaired) electrons. The summed E-state index contributed by atoms with van der Waals surface area (Å²) in [5, 5.41) is 2.73. The van der Waals surface area contributed by atoms with Gasteiger partial charge in [0.25, 0.3) is 5.91 Å². The van der Waals surface area contributed by atoms with Gasteiger partial charge in [-0.3, -0.25) is 19.2 Å². The van der Waals surface area contributed by atoms with Gasteiger partial charge in [-0.05, 0) is 48.9 Å². The van der Waals surface area contributed by atoms with Crippen LogP contribution in [-0.4, -0.2) is 65.3 Å². The number of amides is 3. The minimum absolute atomic E-state index is 0.0238. The van der Waals surface area contributed by atoms with E-state index in [0.717, 1.165) is 16.0 Å². The molecule has 1 heterocycles. The molecule has 1 saturated heterocycles. The number of ketones is 1. The maximum absolute atomic E-state index is 15.4. The van der Waals surface area contributed by atoms with Crippen molar-refractivity contribution in [1.82, 2.24) is 15.1 Å². The topological polar surface area (TPSA) is 113 Å². The van der Waals surface area contributed by atoms with Crippen LogP contribution in [0.2, 0.25) is 0 Å². The van der Waals surface area contributed by atoms with Crippen molar-refractivity contribution in [2.45, 2.75) is 58.4 Å². The normalized spacial score (nSPS) is 17.9. The Morgan fingerprint density at radius 2 is 1.74 bits per heavy atom. The second-order valence-electron chi connectivity index (χ2n) is 10.1. The monoisotopic (exact) mass is 524 g/mol. The van der Waals surface area contributed by atoms with Gasteiger partial charge in [0, 0.05) is 25.2 Å². The summed E-state index contributed by atoms with van der Waals surface area (Å²) in [5.74, 6) is -2.71. The van der Waals surface area contributed by atoms with Crippen molar-refractivity contribution in [3.8, 4) is 0 Å². The van der Waals surface area contributed by atoms with Gasteiger partial charge in [-0.25, -0.2) is 4.39 Å². The van der Waals surface area contributed by atoms with Gasteiger partial charge in [0.05, 0.1) is 12.5 Å². The van der Waals surface area contributed by atoms with E-state index in [9.17, 15) is 19.2 Å². The first kappa shape index (κ1) is 29.0. The molecule has 2 aromatic rings. The lowest BCUT2D eigenvalue weighted by atomic mass is 9.99. The number of rotatable bonds is 8. The third-order valence-corrected chi connectivity index (χ3v) is 6.71. The first-order valence-electron chi connectivity index (χ1n) is 13.0. The predicted molar refractivity (Wildman–Crippen MR) is 143 cm³/mol. The molecule has 38 heavy (non-hydrogen) atoms. The summed E-state index contributed by atoms with van der Waals surface area (Å²) >= 11 is 0. The van der Waals surface area contributed by atoms with Gasteiger partial charge in [-0.15, -0.1) is 0 Å². The van der Waals surface area contributed by atoms with Crippen molar-refractivity contribution >= 4 is 23.5 Å². The average Bonchev–Trinajstić information content (AvgIpc) is 2.92. The van der Waals surface area contributed by atoms with Gasteiger partial charge in [0.1, 0.15) is 6.04 Å². The van der Waals surface area contributed by atoms with Crippen LogP contribution in [0, 0.1) is 5.92 Å². The SMILES string of the molecule is CC(C)C[C@H](NC(=O)c1cccc(CN)c1)C(=O)N1CCCN(C(=O)[C@H](C)c2ccccc2)CC(=O)C1F. The summed E-state index contributed by atoms with van der Waals surface area (Å²) in [7, 11) is 0. The molecule has 0 bridgehead atoms. The van der Waals surface area contributed by atoms with Crippen LogP contribution in [0.4, 0.5) is 4.39 Å². The highest BCUT2D eigenvalue weighted by Crippen LogP contribution is 2.21. The van der Waals surface area contributed by atoms with E-state index in [1.165, 1.54) is 4.90 Å². The van der Waals surface area contributed by atoms with Crippen LogP contribution >= 0.6 is 0 Å². The molecule has 3 amide bonds. The van der Waals surface area contributed by atoms with Gasteiger partial charge >= 0.3 is 0 Å². The standard InChI is InChI=1S/C29H37FN4O4/c1-19(2)15-24(32-27(36)23-12-7-9-21(16-23)17-31)29(38)34-14-8-13-33(18-25(35)26(34)30)28(37)20(3)22-10-5-4-6-11-22/h4-7,9-12,16,19-20,24,26H,8,13-15,17-18,31H2,1-3H3,(H,32,36)/t20-,24+,26?/m1/s1. The summed E-state index contributed by atoms with van der Waals surface area (Å²) in [6.45, 7) is 5.54. The number of hydrogen-bond donors (Lipinski definition) is 2. The van der Waals surface area contributed by atoms with Crippen LogP contribution in [0.1, 0.15) is 61.0 Å². The van der Waals surface area contributed by atoms with E-state index in [0.29, 0.717) is 12.0 Å². The molecule has 0 saturated carbocycles. The number of carbonyl (C=O) groups excluding carboxylic acids is 4. The predicted octanol–water partition coefficient (Wildman–Crippen LogP) is 3.02. The van der Waals surface area contributed by atoms with Gasteiger partial charge in [0.2, 0.25) is 23.9 Å². The van der Waals surface area contributed by atoms with E-state index >= 15 is 4.39 Å². The Kier molecular flexibility index (Phi) is 10.1. The summed E-state index contributed by atoms with van der Waals surface area (Å²) in [6, 6.07) is 14.9. The Balaban J connectivity index is 1.72. The summed E-state index contributed by atoms with van der Waals surface area (Å²) < 4.78 is 15.4. The first-order valence-corrected chi connectivity index (χ1v) is 13.0. The second-order valence-corrected chi connectivity index (χ2v) is 10.1. The van der Waals surface area contributed by atoms with Crippen molar-refractivity contribution in [1.29, 1.82) is 0 Å². The van der Waals surface area contributed by atoms with Crippen LogP contribution in [0.5, 0.6) is 0 Å². The van der Waals surface area contributed by atoms with Crippen molar-refractivity contribution in [3.63, 3.8) is 0 Å². The molecular formula is C29H37FN4O4. The molecule has 0 aliphatic carbocycles. The van der Waals surface area contributed by atoms with Gasteiger partial charge in [-0.2, -0.15) is 0 Å². The first-order chi connectivity index (χ1) is 18.1. The molecule has 0 spiro atoms. The Bertz CT molecular complexity index is 1140. The fourth-order valence-corrected chi connectivity index (χ4v) is 4.60. The van der Waals surface area contributed by atoms with Crippen LogP contribution in [0.25, 0.3) is 0 Å². The molecule has 2 aromatic carbocycles. The Labute approximate surface area is 223 Å². The van der Waals surface area contributed by atoms with Crippen LogP contribution in [0.3, 0.4) is 0 Å². The molecule has 9 heteroatoms. The number of hydrogen-bond acceptors (Lipinski definition) is 5. The van der Waals surface area contributed by atoms with E-state index in [1.54, 1.807) is 31.2 Å². The highest BCUT2D eigenvalue weighted by molar-refractivity contribution is 5.99. The Hall–Kier alpha value is -3.59. The molecule has 1 unspecified atom stereocenters. The van der Waals surface area contributed by atoms with Gasteiger partial charge in [-0.1, -0.05) is 56.3 Å². The highest BCUT2D eigenvalue weighted by Gasteiger charge is 2.37. The molecule has 1 fully saturated rings. The molecule has 3 rings (SSSR count). The number of alkyl halides is 1. The molecule has 204 valence electrons. The number of benzene rings is 2. The molecular weight excluding hydrogens is 487 g/mol. The zero-order valence-corrected chi connectivity index (χ0v) is 22.2. The number of halogens is 1. The molecule has 0 aromatic heterocycles. The average molecular weight is 525 g/mol. The third-order valence-electron chi connectivity index (χ3n) is 6.71. The van der Waals surface area contributed by atoms with Crippen molar-refractivity contribution < 1.29 is 23.6 Å². The highest BCUT2D eigenvalue weighted by atomic mass is 19.1. The Morgan fingerprint density at radius 1 is 1.03 bits per heavy atom. The lowest BCUT2D eigenvalue weighted by molar-refractivity contribution is -0.151. The molecule has 1 aliphatic heterocycles. The number of nitrogens with zero attached hydrogens (tertiary/aromatic N) is 2. The summed E-state index contributed by atoms with van der Waals surface area (Å²) in [6.07, 6.45) is -1.64. The van der Waals surface area contributed by atoms with Gasteiger partial charge in [0.15, 0.2) is 0 Å². The lowest BCUT2D eigenvalue weighted by Crippen LogP contribution is -2.56. The minimum atomic E-state index is -2.21. The van der Waals surface area contributed by atoms with Crippen LogP contribution < -0.4 is 11.1 Å². The van der Waals surface area contributed by atoms with E-state index in [-0.39, 0.29) is 37.9 Å². The smallest absolute Gasteiger partial charge is 0.251 e. The van der Waals surface area contributed by atoms with Crippen molar-refractivity contribution in [2.24, 2.45) is 11.7 Å². The molecule has 3 atom stereocenters. The van der Waals surface area contributed by atoms with E-state index in [4.69, 9.17) is 5.73 Å². The van der Waals surface area contributed by atoms with E-state index in [2.05, 4.69) is 5.32 Å². The number of nitrogens with two attached hydrogens (primary N) is 1. The minimum Gasteiger partial charge on any atom is -0.340 e. The molecule has 1 aliphatic rings. The van der Waals surface area contributed by atoms with Crippen molar-refractivity contribution in [3.05, 3.63) is 71.3 Å². The largest absolute Gasteiger partial charge is 0.340 e. The summed E-state index contributed by atoms with van der Waals surface area (Å²) in [5.41, 5.74) is 7.59. The van der Waals surface area contributed by atoms with Crippen molar-refractivity contribution in [2.75, 3.05) is 19.6 Å². The second kappa shape index (κ2) is 13.3. The Morgan fingerprint density at radius 3 is 2.39 bits per heavy atom. The summed E-state index contributed by atoms with van der Waals surface area (Å²) in [4.78, 5) is 54.6.